The van der Waals surface area contributed by atoms with E-state index in [1.807, 2.05) is 19.2 Å². The number of piperazine rings is 1. The molecule has 0 spiro atoms. The maximum absolute atomic E-state index is 5.41. The zero-order valence-electron chi connectivity index (χ0n) is 17.5. The van der Waals surface area contributed by atoms with Gasteiger partial charge in [0.2, 0.25) is 5.13 Å². The van der Waals surface area contributed by atoms with E-state index < -0.39 is 0 Å². The number of ether oxygens (including phenoxy) is 1. The Hall–Kier alpha value is -2.06. The molecule has 0 unspecified atom stereocenters. The molecule has 9 heteroatoms. The lowest BCUT2D eigenvalue weighted by Gasteiger charge is -2.36. The maximum Gasteiger partial charge on any atom is 0.205 e. The lowest BCUT2D eigenvalue weighted by molar-refractivity contribution is 0.370. The Morgan fingerprint density at radius 3 is 2.60 bits per heavy atom. The summed E-state index contributed by atoms with van der Waals surface area (Å²) in [6.07, 6.45) is 7.01. The van der Waals surface area contributed by atoms with Crippen molar-refractivity contribution in [1.82, 2.24) is 19.6 Å². The third-order valence-corrected chi connectivity index (χ3v) is 5.59. The van der Waals surface area contributed by atoms with Gasteiger partial charge < -0.3 is 19.9 Å². The Morgan fingerprint density at radius 1 is 1.27 bits per heavy atom. The SMILES string of the molecule is C#CCOc1ccc(CCNC(=NC)N2CCN(c3nc(CC)ns3)CC2)cc1.I. The molecule has 3 rings (SSSR count). The molecule has 0 atom stereocenters. The van der Waals surface area contributed by atoms with Gasteiger partial charge in [0.1, 0.15) is 18.2 Å². The fraction of sp³-hybridized carbons (Fsp3) is 0.476. The molecule has 0 bridgehead atoms. The number of aliphatic imine (C=N–C) groups is 1. The van der Waals surface area contributed by atoms with Crippen molar-refractivity contribution in [3.63, 3.8) is 0 Å². The number of nitrogens with one attached hydrogen (secondary N) is 1. The Bertz CT molecular complexity index is 840. The van der Waals surface area contributed by atoms with Crippen molar-refractivity contribution in [3.05, 3.63) is 35.7 Å². The number of halogens is 1. The zero-order chi connectivity index (χ0) is 20.5. The van der Waals surface area contributed by atoms with Gasteiger partial charge in [-0.3, -0.25) is 4.99 Å². The molecule has 30 heavy (non-hydrogen) atoms. The first-order chi connectivity index (χ1) is 14.2. The van der Waals surface area contributed by atoms with E-state index in [1.54, 1.807) is 0 Å². The summed E-state index contributed by atoms with van der Waals surface area (Å²) in [5.74, 6) is 5.15. The predicted molar refractivity (Wildman–Crippen MR) is 134 cm³/mol. The summed E-state index contributed by atoms with van der Waals surface area (Å²) >= 11 is 1.49. The number of guanidine groups is 1. The highest BCUT2D eigenvalue weighted by atomic mass is 127. The van der Waals surface area contributed by atoms with Gasteiger partial charge in [0.25, 0.3) is 0 Å². The van der Waals surface area contributed by atoms with Crippen molar-refractivity contribution < 1.29 is 4.74 Å². The second-order valence-corrected chi connectivity index (χ2v) is 7.41. The molecule has 1 aliphatic heterocycles. The highest BCUT2D eigenvalue weighted by Crippen LogP contribution is 2.19. The largest absolute Gasteiger partial charge is 0.481 e. The van der Waals surface area contributed by atoms with E-state index in [-0.39, 0.29) is 24.0 Å². The third-order valence-electron chi connectivity index (χ3n) is 4.78. The molecule has 0 aliphatic carbocycles. The summed E-state index contributed by atoms with van der Waals surface area (Å²) in [6, 6.07) is 8.06. The Balaban J connectivity index is 0.00000320. The first kappa shape index (κ1) is 24.2. The molecule has 2 heterocycles. The molecular weight excluding hydrogens is 511 g/mol. The average molecular weight is 540 g/mol. The lowest BCUT2D eigenvalue weighted by atomic mass is 10.1. The minimum absolute atomic E-state index is 0. The van der Waals surface area contributed by atoms with E-state index in [4.69, 9.17) is 11.2 Å². The summed E-state index contributed by atoms with van der Waals surface area (Å²) in [5.41, 5.74) is 1.24. The quantitative estimate of drug-likeness (QED) is 0.252. The van der Waals surface area contributed by atoms with Gasteiger partial charge in [0, 0.05) is 57.7 Å². The van der Waals surface area contributed by atoms with E-state index >= 15 is 0 Å². The molecule has 1 aliphatic rings. The molecule has 1 N–H and O–H groups in total. The first-order valence-electron chi connectivity index (χ1n) is 9.91. The number of anilines is 1. The smallest absolute Gasteiger partial charge is 0.205 e. The fourth-order valence-corrected chi connectivity index (χ4v) is 3.96. The van der Waals surface area contributed by atoms with Crippen LogP contribution in [0.25, 0.3) is 0 Å². The molecule has 0 saturated carbocycles. The number of rotatable bonds is 7. The van der Waals surface area contributed by atoms with Crippen LogP contribution in [0.1, 0.15) is 18.3 Å². The average Bonchev–Trinajstić information content (AvgIpc) is 3.26. The first-order valence-corrected chi connectivity index (χ1v) is 10.7. The number of hydrogen-bond donors (Lipinski definition) is 1. The monoisotopic (exact) mass is 540 g/mol. The fourth-order valence-electron chi connectivity index (χ4n) is 3.15. The van der Waals surface area contributed by atoms with Gasteiger partial charge in [-0.1, -0.05) is 25.0 Å². The minimum Gasteiger partial charge on any atom is -0.481 e. The predicted octanol–water partition coefficient (Wildman–Crippen LogP) is 2.67. The van der Waals surface area contributed by atoms with Crippen molar-refractivity contribution in [2.24, 2.45) is 4.99 Å². The van der Waals surface area contributed by atoms with Crippen LogP contribution in [-0.4, -0.2) is 66.6 Å². The number of aryl methyl sites for hydroxylation is 1. The minimum atomic E-state index is 0. The standard InChI is InChI=1S/C21H28N6OS.HI/c1-4-16-28-18-8-6-17(7-9-18)10-11-23-20(22-3)26-12-14-27(15-13-26)21-24-19(5-2)25-29-21;/h1,6-9H,5,10-16H2,2-3H3,(H,22,23);1H. The summed E-state index contributed by atoms with van der Waals surface area (Å²) in [4.78, 5) is 13.7. The Morgan fingerprint density at radius 2 is 2.00 bits per heavy atom. The topological polar surface area (TPSA) is 65.9 Å². The van der Waals surface area contributed by atoms with Gasteiger partial charge in [-0.25, -0.2) is 4.98 Å². The zero-order valence-corrected chi connectivity index (χ0v) is 20.7. The van der Waals surface area contributed by atoms with Crippen molar-refractivity contribution in [2.75, 3.05) is 51.3 Å². The van der Waals surface area contributed by atoms with Gasteiger partial charge in [-0.2, -0.15) is 4.37 Å². The van der Waals surface area contributed by atoms with E-state index in [0.29, 0.717) is 6.61 Å². The second-order valence-electron chi connectivity index (χ2n) is 6.68. The van der Waals surface area contributed by atoms with Crippen LogP contribution < -0.4 is 15.0 Å². The van der Waals surface area contributed by atoms with Crippen LogP contribution >= 0.6 is 35.5 Å². The highest BCUT2D eigenvalue weighted by molar-refractivity contribution is 14.0. The van der Waals surface area contributed by atoms with Crippen LogP contribution in [0.3, 0.4) is 0 Å². The number of terminal acetylenes is 1. The van der Waals surface area contributed by atoms with Crippen LogP contribution in [0.4, 0.5) is 5.13 Å². The summed E-state index contributed by atoms with van der Waals surface area (Å²) in [7, 11) is 1.84. The van der Waals surface area contributed by atoms with Crippen molar-refractivity contribution in [2.45, 2.75) is 19.8 Å². The van der Waals surface area contributed by atoms with Gasteiger partial charge in [-0.15, -0.1) is 30.4 Å². The normalized spacial score (nSPS) is 14.1. The molecule has 1 aromatic carbocycles. The molecule has 2 aromatic rings. The number of aromatic nitrogens is 2. The van der Waals surface area contributed by atoms with E-state index in [2.05, 4.69) is 54.4 Å². The number of benzene rings is 1. The lowest BCUT2D eigenvalue weighted by Crippen LogP contribution is -2.52. The van der Waals surface area contributed by atoms with Crippen LogP contribution in [0, 0.1) is 12.3 Å². The molecule has 1 saturated heterocycles. The molecule has 1 aromatic heterocycles. The highest BCUT2D eigenvalue weighted by Gasteiger charge is 2.21. The van der Waals surface area contributed by atoms with Crippen molar-refractivity contribution in [3.8, 4) is 18.1 Å². The molecule has 1 fully saturated rings. The van der Waals surface area contributed by atoms with E-state index in [9.17, 15) is 0 Å². The summed E-state index contributed by atoms with van der Waals surface area (Å²) < 4.78 is 9.80. The van der Waals surface area contributed by atoms with Gasteiger partial charge in [-0.05, 0) is 24.1 Å². The third kappa shape index (κ3) is 6.74. The van der Waals surface area contributed by atoms with Crippen LogP contribution in [0.15, 0.2) is 29.3 Å². The Labute approximate surface area is 200 Å². The molecule has 7 nitrogen and oxygen atoms in total. The number of hydrogen-bond acceptors (Lipinski definition) is 6. The van der Waals surface area contributed by atoms with Gasteiger partial charge >= 0.3 is 0 Å². The number of nitrogens with zero attached hydrogens (tertiary/aromatic N) is 5. The molecule has 0 amide bonds. The van der Waals surface area contributed by atoms with E-state index in [1.165, 1.54) is 17.1 Å². The molecular formula is C21H29IN6OS. The van der Waals surface area contributed by atoms with E-state index in [0.717, 1.165) is 68.2 Å². The van der Waals surface area contributed by atoms with Gasteiger partial charge in [0.05, 0.1) is 0 Å². The van der Waals surface area contributed by atoms with Crippen molar-refractivity contribution >= 4 is 46.6 Å². The van der Waals surface area contributed by atoms with Crippen LogP contribution in [-0.2, 0) is 12.8 Å². The maximum atomic E-state index is 5.41. The second kappa shape index (κ2) is 12.6. The Kier molecular flexibility index (Phi) is 10.2. The summed E-state index contributed by atoms with van der Waals surface area (Å²) in [5, 5.41) is 4.51. The molecule has 162 valence electrons. The molecule has 0 radical (unpaired) electrons. The van der Waals surface area contributed by atoms with Gasteiger partial charge in [0.15, 0.2) is 5.96 Å². The van der Waals surface area contributed by atoms with Crippen molar-refractivity contribution in [1.29, 1.82) is 0 Å². The van der Waals surface area contributed by atoms with Crippen LogP contribution in [0.2, 0.25) is 0 Å². The summed E-state index contributed by atoms with van der Waals surface area (Å²) in [6.45, 7) is 6.90. The van der Waals surface area contributed by atoms with Crippen LogP contribution in [0.5, 0.6) is 5.75 Å².